The van der Waals surface area contributed by atoms with E-state index in [1.54, 1.807) is 24.9 Å². The maximum atomic E-state index is 5.25. The number of aromatic amines is 2. The molecule has 5 aromatic heterocycles. The fourth-order valence-corrected chi connectivity index (χ4v) is 4.28. The highest BCUT2D eigenvalue weighted by molar-refractivity contribution is 5.98. The lowest BCUT2D eigenvalue weighted by atomic mass is 10.0. The molecular weight excluding hydrogens is 438 g/mol. The zero-order chi connectivity index (χ0) is 23.8. The Morgan fingerprint density at radius 2 is 1.91 bits per heavy atom. The van der Waals surface area contributed by atoms with Crippen LogP contribution in [-0.4, -0.2) is 30.1 Å². The Balaban J connectivity index is 1.40. The molecular formula is C27H23N7O. The number of hydrogen-bond acceptors (Lipinski definition) is 6. The Labute approximate surface area is 201 Å². The summed E-state index contributed by atoms with van der Waals surface area (Å²) in [7, 11) is 0. The number of H-pyrrole nitrogens is 2. The van der Waals surface area contributed by atoms with Crippen LogP contribution in [-0.2, 0) is 0 Å². The van der Waals surface area contributed by atoms with E-state index < -0.39 is 0 Å². The van der Waals surface area contributed by atoms with Gasteiger partial charge in [0.25, 0.3) is 0 Å². The molecule has 172 valence electrons. The Bertz CT molecular complexity index is 1660. The van der Waals surface area contributed by atoms with E-state index in [4.69, 9.17) is 9.40 Å². The zero-order valence-corrected chi connectivity index (χ0v) is 19.2. The van der Waals surface area contributed by atoms with Crippen LogP contribution in [0.25, 0.3) is 55.7 Å². The number of imidazole rings is 1. The summed E-state index contributed by atoms with van der Waals surface area (Å²) in [5, 5.41) is 12.0. The summed E-state index contributed by atoms with van der Waals surface area (Å²) in [6.45, 7) is 6.23. The van der Waals surface area contributed by atoms with Crippen molar-refractivity contribution in [3.8, 4) is 33.8 Å². The third-order valence-electron chi connectivity index (χ3n) is 5.96. The highest BCUT2D eigenvalue weighted by atomic mass is 16.3. The van der Waals surface area contributed by atoms with Gasteiger partial charge < -0.3 is 14.7 Å². The van der Waals surface area contributed by atoms with Crippen molar-refractivity contribution in [3.63, 3.8) is 0 Å². The summed E-state index contributed by atoms with van der Waals surface area (Å²) in [4.78, 5) is 17.0. The lowest BCUT2D eigenvalue weighted by Crippen LogP contribution is -1.98. The smallest absolute Gasteiger partial charge is 0.159 e. The summed E-state index contributed by atoms with van der Waals surface area (Å²) >= 11 is 0. The van der Waals surface area contributed by atoms with E-state index in [0.29, 0.717) is 5.82 Å². The topological polar surface area (TPSA) is 108 Å². The van der Waals surface area contributed by atoms with E-state index in [1.807, 2.05) is 24.5 Å². The minimum Gasteiger partial charge on any atom is -0.472 e. The monoisotopic (exact) mass is 461 g/mol. The molecule has 6 rings (SSSR count). The first kappa shape index (κ1) is 20.9. The maximum Gasteiger partial charge on any atom is 0.159 e. The average molecular weight is 462 g/mol. The van der Waals surface area contributed by atoms with E-state index in [1.165, 1.54) is 0 Å². The molecule has 35 heavy (non-hydrogen) atoms. The molecule has 0 aliphatic carbocycles. The third-order valence-corrected chi connectivity index (χ3v) is 5.96. The molecule has 1 aromatic carbocycles. The largest absolute Gasteiger partial charge is 0.472 e. The first-order valence-electron chi connectivity index (χ1n) is 11.4. The maximum absolute atomic E-state index is 5.25. The van der Waals surface area contributed by atoms with Crippen molar-refractivity contribution in [2.45, 2.75) is 19.8 Å². The predicted molar refractivity (Wildman–Crippen MR) is 138 cm³/mol. The van der Waals surface area contributed by atoms with Crippen molar-refractivity contribution in [3.05, 3.63) is 79.9 Å². The zero-order valence-electron chi connectivity index (χ0n) is 19.2. The number of hydrogen-bond donors (Lipinski definition) is 3. The number of pyridine rings is 2. The molecule has 8 heteroatoms. The van der Waals surface area contributed by atoms with E-state index >= 15 is 0 Å². The van der Waals surface area contributed by atoms with Crippen LogP contribution < -0.4 is 5.32 Å². The number of fused-ring (bicyclic) bond motifs is 2. The van der Waals surface area contributed by atoms with Gasteiger partial charge in [0.05, 0.1) is 41.6 Å². The van der Waals surface area contributed by atoms with Crippen LogP contribution in [0, 0.1) is 0 Å². The van der Waals surface area contributed by atoms with Crippen molar-refractivity contribution in [2.24, 2.45) is 0 Å². The van der Waals surface area contributed by atoms with Gasteiger partial charge in [-0.3, -0.25) is 15.1 Å². The fourth-order valence-electron chi connectivity index (χ4n) is 4.28. The highest BCUT2D eigenvalue weighted by Gasteiger charge is 2.16. The summed E-state index contributed by atoms with van der Waals surface area (Å²) in [6.07, 6.45) is 12.5. The quantitative estimate of drug-likeness (QED) is 0.249. The molecule has 0 atom stereocenters. The minimum atomic E-state index is 0.672. The first-order valence-corrected chi connectivity index (χ1v) is 11.4. The van der Waals surface area contributed by atoms with Crippen LogP contribution >= 0.6 is 0 Å². The molecule has 0 aliphatic heterocycles. The summed E-state index contributed by atoms with van der Waals surface area (Å²) in [6, 6.07) is 10.2. The molecule has 5 heterocycles. The van der Waals surface area contributed by atoms with Crippen molar-refractivity contribution in [2.75, 3.05) is 5.32 Å². The van der Waals surface area contributed by atoms with Crippen LogP contribution in [0.15, 0.2) is 84.3 Å². The van der Waals surface area contributed by atoms with E-state index in [9.17, 15) is 0 Å². The van der Waals surface area contributed by atoms with E-state index in [2.05, 4.69) is 62.2 Å². The molecule has 0 saturated heterocycles. The van der Waals surface area contributed by atoms with Crippen molar-refractivity contribution < 1.29 is 4.42 Å². The summed E-state index contributed by atoms with van der Waals surface area (Å²) in [5.74, 6) is 0.672. The van der Waals surface area contributed by atoms with Crippen molar-refractivity contribution >= 4 is 27.6 Å². The molecule has 0 radical (unpaired) electrons. The van der Waals surface area contributed by atoms with Crippen LogP contribution in [0.3, 0.4) is 0 Å². The molecule has 0 bridgehead atoms. The van der Waals surface area contributed by atoms with Gasteiger partial charge in [-0.2, -0.15) is 5.10 Å². The van der Waals surface area contributed by atoms with Crippen LogP contribution in [0.1, 0.15) is 19.8 Å². The second-order valence-corrected chi connectivity index (χ2v) is 8.45. The van der Waals surface area contributed by atoms with Gasteiger partial charge in [0, 0.05) is 40.2 Å². The molecule has 0 spiro atoms. The van der Waals surface area contributed by atoms with Gasteiger partial charge >= 0.3 is 0 Å². The summed E-state index contributed by atoms with van der Waals surface area (Å²) < 4.78 is 5.25. The lowest BCUT2D eigenvalue weighted by Gasteiger charge is -2.10. The normalized spacial score (nSPS) is 11.3. The first-order chi connectivity index (χ1) is 17.2. The number of furan rings is 1. The van der Waals surface area contributed by atoms with E-state index in [-0.39, 0.29) is 0 Å². The highest BCUT2D eigenvalue weighted by Crippen LogP contribution is 2.33. The van der Waals surface area contributed by atoms with Gasteiger partial charge in [-0.25, -0.2) is 4.98 Å². The number of anilines is 1. The molecule has 0 aliphatic rings. The second-order valence-electron chi connectivity index (χ2n) is 8.45. The van der Waals surface area contributed by atoms with Crippen LogP contribution in [0.5, 0.6) is 0 Å². The van der Waals surface area contributed by atoms with Gasteiger partial charge in [0.2, 0.25) is 0 Å². The molecule has 0 saturated carbocycles. The lowest BCUT2D eigenvalue weighted by molar-refractivity contribution is 0.568. The fraction of sp³-hybridized carbons (Fsp3) is 0.111. The molecule has 8 nitrogen and oxygen atoms in total. The van der Waals surface area contributed by atoms with Gasteiger partial charge in [-0.15, -0.1) is 0 Å². The Morgan fingerprint density at radius 3 is 2.77 bits per heavy atom. The third kappa shape index (κ3) is 3.85. The number of benzene rings is 1. The molecule has 0 amide bonds. The van der Waals surface area contributed by atoms with Crippen molar-refractivity contribution in [1.82, 2.24) is 30.1 Å². The van der Waals surface area contributed by atoms with Gasteiger partial charge in [0.1, 0.15) is 11.2 Å². The number of allylic oxidation sites excluding steroid dienone is 1. The molecule has 0 unspecified atom stereocenters. The van der Waals surface area contributed by atoms with Gasteiger partial charge in [-0.1, -0.05) is 26.0 Å². The Morgan fingerprint density at radius 1 is 1.00 bits per heavy atom. The molecule has 0 fully saturated rings. The second kappa shape index (κ2) is 8.57. The standard InChI is InChI=1S/C27H23N7O/c1-3-4-16(2)30-20-9-19(11-28-12-20)17-5-6-23-21(10-17)26(34-33-23)27-31-24-14-29-13-22(25(24)32-27)18-7-8-35-15-18/h5-15,30H,2-4H2,1H3,(H,31,32)(H,33,34). The van der Waals surface area contributed by atoms with Crippen LogP contribution in [0.4, 0.5) is 5.69 Å². The Hall–Kier alpha value is -4.72. The van der Waals surface area contributed by atoms with E-state index in [0.717, 1.165) is 74.1 Å². The minimum absolute atomic E-state index is 0.672. The molecule has 3 N–H and O–H groups in total. The number of rotatable bonds is 7. The SMILES string of the molecule is C=C(CCC)Nc1cncc(-c2ccc3[nH]nc(-c4nc5c(-c6ccoc6)cncc5[nH]4)c3c2)c1. The number of nitrogens with one attached hydrogen (secondary N) is 3. The summed E-state index contributed by atoms with van der Waals surface area (Å²) in [5.41, 5.74) is 9.10. The number of aromatic nitrogens is 6. The number of nitrogens with zero attached hydrogens (tertiary/aromatic N) is 4. The predicted octanol–water partition coefficient (Wildman–Crippen LogP) is 6.55. The Kier molecular flexibility index (Phi) is 5.11. The average Bonchev–Trinajstić information content (AvgIpc) is 3.63. The van der Waals surface area contributed by atoms with Gasteiger partial charge in [-0.05, 0) is 36.2 Å². The van der Waals surface area contributed by atoms with Crippen LogP contribution in [0.2, 0.25) is 0 Å². The van der Waals surface area contributed by atoms with Gasteiger partial charge in [0.15, 0.2) is 5.82 Å². The van der Waals surface area contributed by atoms with Crippen molar-refractivity contribution in [1.29, 1.82) is 0 Å². The molecule has 6 aromatic rings.